The second kappa shape index (κ2) is 5.81. The average Bonchev–Trinajstić information content (AvgIpc) is 2.04. The second-order valence-corrected chi connectivity index (χ2v) is 5.97. The van der Waals surface area contributed by atoms with E-state index < -0.39 is 9.84 Å². The summed E-state index contributed by atoms with van der Waals surface area (Å²) in [5, 5.41) is 0.136. The van der Waals surface area contributed by atoms with Crippen molar-refractivity contribution >= 4 is 21.4 Å². The smallest absolute Gasteiger partial charge is 0.150 e. The van der Waals surface area contributed by atoms with Gasteiger partial charge in [-0.05, 0) is 19.3 Å². The van der Waals surface area contributed by atoms with Gasteiger partial charge in [0, 0.05) is 11.1 Å². The fourth-order valence-corrected chi connectivity index (χ4v) is 1.92. The van der Waals surface area contributed by atoms with Gasteiger partial charge in [0.1, 0.15) is 9.84 Å². The number of sulfone groups is 1. The highest BCUT2D eigenvalue weighted by Gasteiger charge is 2.08. The molecule has 0 aromatic carbocycles. The SMILES string of the molecule is CCC(Cl)CCCS(=O)(=O)CC. The molecule has 0 aromatic rings. The van der Waals surface area contributed by atoms with Crippen molar-refractivity contribution in [2.45, 2.75) is 38.5 Å². The summed E-state index contributed by atoms with van der Waals surface area (Å²) in [4.78, 5) is 0. The van der Waals surface area contributed by atoms with Gasteiger partial charge in [0.2, 0.25) is 0 Å². The Labute approximate surface area is 80.2 Å². The summed E-state index contributed by atoms with van der Waals surface area (Å²) < 4.78 is 22.1. The van der Waals surface area contributed by atoms with Crippen LogP contribution in [0.4, 0.5) is 0 Å². The normalized spacial score (nSPS) is 14.6. The predicted octanol–water partition coefficient (Wildman–Crippen LogP) is 2.22. The molecule has 74 valence electrons. The summed E-state index contributed by atoms with van der Waals surface area (Å²) >= 11 is 5.84. The first-order valence-corrected chi connectivity index (χ1v) is 6.62. The number of alkyl halides is 1. The zero-order valence-electron chi connectivity index (χ0n) is 7.72. The van der Waals surface area contributed by atoms with Gasteiger partial charge >= 0.3 is 0 Å². The molecule has 4 heteroatoms. The summed E-state index contributed by atoms with van der Waals surface area (Å²) in [6.07, 6.45) is 2.41. The average molecular weight is 213 g/mol. The van der Waals surface area contributed by atoms with E-state index in [2.05, 4.69) is 0 Å². The second-order valence-electron chi connectivity index (χ2n) is 2.88. The number of hydrogen-bond acceptors (Lipinski definition) is 2. The first kappa shape index (κ1) is 12.2. The van der Waals surface area contributed by atoms with Crippen LogP contribution in [0.1, 0.15) is 33.1 Å². The molecular formula is C8H17ClO2S. The molecular weight excluding hydrogens is 196 g/mol. The Hall–Kier alpha value is 0.240. The van der Waals surface area contributed by atoms with Crippen LogP contribution in [0.5, 0.6) is 0 Å². The lowest BCUT2D eigenvalue weighted by Gasteiger charge is -2.05. The Bertz CT molecular complexity index is 199. The van der Waals surface area contributed by atoms with E-state index in [-0.39, 0.29) is 16.9 Å². The molecule has 0 aliphatic carbocycles. The van der Waals surface area contributed by atoms with Gasteiger partial charge in [-0.25, -0.2) is 8.42 Å². The Morgan fingerprint density at radius 1 is 1.33 bits per heavy atom. The molecule has 1 unspecified atom stereocenters. The molecule has 0 bridgehead atoms. The third-order valence-electron chi connectivity index (χ3n) is 1.86. The Balaban J connectivity index is 3.57. The monoisotopic (exact) mass is 212 g/mol. The Kier molecular flexibility index (Phi) is 5.93. The van der Waals surface area contributed by atoms with Crippen LogP contribution >= 0.6 is 11.6 Å². The maximum atomic E-state index is 11.0. The molecule has 0 radical (unpaired) electrons. The largest absolute Gasteiger partial charge is 0.229 e. The summed E-state index contributed by atoms with van der Waals surface area (Å²) in [7, 11) is -2.78. The van der Waals surface area contributed by atoms with Crippen molar-refractivity contribution in [3.05, 3.63) is 0 Å². The Morgan fingerprint density at radius 3 is 2.33 bits per heavy atom. The third-order valence-corrected chi connectivity index (χ3v) is 4.17. The molecule has 0 heterocycles. The van der Waals surface area contributed by atoms with Gasteiger partial charge < -0.3 is 0 Å². The first-order valence-electron chi connectivity index (χ1n) is 4.36. The minimum absolute atomic E-state index is 0.136. The minimum atomic E-state index is -2.78. The first-order chi connectivity index (χ1) is 5.52. The summed E-state index contributed by atoms with van der Waals surface area (Å²) in [6, 6.07) is 0. The van der Waals surface area contributed by atoms with Gasteiger partial charge in [-0.3, -0.25) is 0 Å². The van der Waals surface area contributed by atoms with Gasteiger partial charge in [0.25, 0.3) is 0 Å². The van der Waals surface area contributed by atoms with Crippen molar-refractivity contribution in [1.29, 1.82) is 0 Å². The highest BCUT2D eigenvalue weighted by atomic mass is 35.5. The van der Waals surface area contributed by atoms with Crippen molar-refractivity contribution in [3.63, 3.8) is 0 Å². The zero-order chi connectivity index (χ0) is 9.61. The van der Waals surface area contributed by atoms with E-state index in [4.69, 9.17) is 11.6 Å². The maximum Gasteiger partial charge on any atom is 0.150 e. The topological polar surface area (TPSA) is 34.1 Å². The van der Waals surface area contributed by atoms with Crippen molar-refractivity contribution in [1.82, 2.24) is 0 Å². The van der Waals surface area contributed by atoms with Crippen LogP contribution in [0.25, 0.3) is 0 Å². The number of halogens is 1. The zero-order valence-corrected chi connectivity index (χ0v) is 9.29. The van der Waals surface area contributed by atoms with Gasteiger partial charge in [-0.1, -0.05) is 13.8 Å². The van der Waals surface area contributed by atoms with Crippen LogP contribution in [0, 0.1) is 0 Å². The molecule has 0 amide bonds. The van der Waals surface area contributed by atoms with Crippen LogP contribution in [0.15, 0.2) is 0 Å². The van der Waals surface area contributed by atoms with Crippen LogP contribution in [0.2, 0.25) is 0 Å². The van der Waals surface area contributed by atoms with Crippen molar-refractivity contribution < 1.29 is 8.42 Å². The van der Waals surface area contributed by atoms with Crippen LogP contribution in [0.3, 0.4) is 0 Å². The lowest BCUT2D eigenvalue weighted by Crippen LogP contribution is -2.10. The molecule has 0 saturated heterocycles. The van der Waals surface area contributed by atoms with Crippen LogP contribution < -0.4 is 0 Å². The molecule has 0 fully saturated rings. The number of hydrogen-bond donors (Lipinski definition) is 0. The van der Waals surface area contributed by atoms with Crippen molar-refractivity contribution in [2.24, 2.45) is 0 Å². The third kappa shape index (κ3) is 5.84. The van der Waals surface area contributed by atoms with Gasteiger partial charge in [0.05, 0.1) is 5.75 Å². The summed E-state index contributed by atoms with van der Waals surface area (Å²) in [6.45, 7) is 3.68. The van der Waals surface area contributed by atoms with E-state index in [1.165, 1.54) is 0 Å². The molecule has 0 aliphatic heterocycles. The summed E-state index contributed by atoms with van der Waals surface area (Å²) in [5.41, 5.74) is 0. The molecule has 0 aromatic heterocycles. The molecule has 0 N–H and O–H groups in total. The maximum absolute atomic E-state index is 11.0. The lowest BCUT2D eigenvalue weighted by molar-refractivity contribution is 0.591. The van der Waals surface area contributed by atoms with E-state index in [1.54, 1.807) is 6.92 Å². The molecule has 1 atom stereocenters. The van der Waals surface area contributed by atoms with Gasteiger partial charge in [-0.15, -0.1) is 11.6 Å². The van der Waals surface area contributed by atoms with Crippen molar-refractivity contribution in [3.8, 4) is 0 Å². The molecule has 0 rings (SSSR count). The van der Waals surface area contributed by atoms with Gasteiger partial charge in [-0.2, -0.15) is 0 Å². The molecule has 0 spiro atoms. The van der Waals surface area contributed by atoms with Crippen LogP contribution in [-0.4, -0.2) is 25.3 Å². The molecule has 12 heavy (non-hydrogen) atoms. The highest BCUT2D eigenvalue weighted by Crippen LogP contribution is 2.10. The number of rotatable bonds is 6. The lowest BCUT2D eigenvalue weighted by atomic mass is 10.2. The van der Waals surface area contributed by atoms with E-state index in [9.17, 15) is 8.42 Å². The summed E-state index contributed by atoms with van der Waals surface area (Å²) in [5.74, 6) is 0.527. The highest BCUT2D eigenvalue weighted by molar-refractivity contribution is 7.91. The fourth-order valence-electron chi connectivity index (χ4n) is 0.873. The Morgan fingerprint density at radius 2 is 1.92 bits per heavy atom. The van der Waals surface area contributed by atoms with E-state index in [0.29, 0.717) is 6.42 Å². The standard InChI is InChI=1S/C8H17ClO2S/c1-3-8(9)6-5-7-12(10,11)4-2/h8H,3-7H2,1-2H3. The van der Waals surface area contributed by atoms with E-state index >= 15 is 0 Å². The van der Waals surface area contributed by atoms with Crippen LogP contribution in [-0.2, 0) is 9.84 Å². The predicted molar refractivity (Wildman–Crippen MR) is 53.5 cm³/mol. The minimum Gasteiger partial charge on any atom is -0.229 e. The van der Waals surface area contributed by atoms with E-state index in [1.807, 2.05) is 6.92 Å². The molecule has 0 aliphatic rings. The van der Waals surface area contributed by atoms with Crippen molar-refractivity contribution in [2.75, 3.05) is 11.5 Å². The molecule has 2 nitrogen and oxygen atoms in total. The van der Waals surface area contributed by atoms with Gasteiger partial charge in [0.15, 0.2) is 0 Å². The molecule has 0 saturated carbocycles. The van der Waals surface area contributed by atoms with E-state index in [0.717, 1.165) is 12.8 Å². The fraction of sp³-hybridized carbons (Fsp3) is 1.00. The quantitative estimate of drug-likeness (QED) is 0.633.